The fourth-order valence-electron chi connectivity index (χ4n) is 3.86. The first kappa shape index (κ1) is 23.9. The van der Waals surface area contributed by atoms with Crippen LogP contribution in [0.1, 0.15) is 22.3 Å². The Morgan fingerprint density at radius 2 is 1.62 bits per heavy atom. The zero-order chi connectivity index (χ0) is 24.5. The Morgan fingerprint density at radius 1 is 0.912 bits per heavy atom. The second-order valence-electron chi connectivity index (χ2n) is 8.07. The summed E-state index contributed by atoms with van der Waals surface area (Å²) >= 11 is 0. The van der Waals surface area contributed by atoms with Gasteiger partial charge in [0.2, 0.25) is 10.0 Å². The van der Waals surface area contributed by atoms with Crippen LogP contribution in [0.3, 0.4) is 0 Å². The van der Waals surface area contributed by atoms with Crippen molar-refractivity contribution >= 4 is 37.3 Å². The lowest BCUT2D eigenvalue weighted by Gasteiger charge is -2.30. The molecular weight excluding hydrogens is 474 g/mol. The molecule has 34 heavy (non-hydrogen) atoms. The van der Waals surface area contributed by atoms with Crippen molar-refractivity contribution in [1.82, 2.24) is 4.31 Å². The quantitative estimate of drug-likeness (QED) is 0.560. The Kier molecular flexibility index (Phi) is 6.48. The van der Waals surface area contributed by atoms with Gasteiger partial charge in [-0.3, -0.25) is 9.10 Å². The number of carbonyl (C=O) groups is 1. The molecule has 0 saturated carbocycles. The van der Waals surface area contributed by atoms with Crippen molar-refractivity contribution in [2.24, 2.45) is 0 Å². The average molecular weight is 500 g/mol. The summed E-state index contributed by atoms with van der Waals surface area (Å²) in [5.74, 6) is -0.613. The molecule has 0 atom stereocenters. The first-order valence-corrected chi connectivity index (χ1v) is 13.5. The molecule has 8 nitrogen and oxygen atoms in total. The van der Waals surface area contributed by atoms with Crippen molar-refractivity contribution in [3.05, 3.63) is 83.9 Å². The lowest BCUT2D eigenvalue weighted by atomic mass is 10.0. The Balaban J connectivity index is 1.65. The SMILES string of the molecule is CN(C)S(=O)(=O)c1ccccc1NC(=O)c1cccc(S(=O)(=O)N2CCCc3ccccc32)c1. The molecular formula is C24H25N3O5S2. The minimum Gasteiger partial charge on any atom is -0.321 e. The number of sulfonamides is 2. The largest absolute Gasteiger partial charge is 0.321 e. The minimum atomic E-state index is -3.90. The molecule has 0 bridgehead atoms. The molecule has 1 heterocycles. The molecule has 1 N–H and O–H groups in total. The van der Waals surface area contributed by atoms with Crippen molar-refractivity contribution < 1.29 is 21.6 Å². The molecule has 0 spiro atoms. The number of para-hydroxylation sites is 2. The molecule has 3 aromatic rings. The molecule has 0 unspecified atom stereocenters. The first-order chi connectivity index (χ1) is 16.1. The predicted molar refractivity (Wildman–Crippen MR) is 131 cm³/mol. The van der Waals surface area contributed by atoms with Crippen molar-refractivity contribution in [2.75, 3.05) is 30.3 Å². The zero-order valence-corrected chi connectivity index (χ0v) is 20.4. The number of amides is 1. The van der Waals surface area contributed by atoms with E-state index in [0.717, 1.165) is 16.3 Å². The summed E-state index contributed by atoms with van der Waals surface area (Å²) in [5, 5.41) is 2.61. The van der Waals surface area contributed by atoms with E-state index in [1.807, 2.05) is 12.1 Å². The number of aryl methyl sites for hydroxylation is 1. The van der Waals surface area contributed by atoms with Crippen LogP contribution in [0.5, 0.6) is 0 Å². The summed E-state index contributed by atoms with van der Waals surface area (Å²) in [6.45, 7) is 0.353. The number of rotatable bonds is 6. The van der Waals surface area contributed by atoms with Crippen LogP contribution in [0.2, 0.25) is 0 Å². The molecule has 0 radical (unpaired) electrons. The van der Waals surface area contributed by atoms with Crippen molar-refractivity contribution in [1.29, 1.82) is 0 Å². The number of anilines is 2. The van der Waals surface area contributed by atoms with Crippen LogP contribution in [0.15, 0.2) is 82.6 Å². The maximum atomic E-state index is 13.5. The highest BCUT2D eigenvalue weighted by molar-refractivity contribution is 7.92. The summed E-state index contributed by atoms with van der Waals surface area (Å²) in [4.78, 5) is 12.9. The number of carbonyl (C=O) groups excluding carboxylic acids is 1. The standard InChI is InChI=1S/C24H25N3O5S2/c1-26(2)34(31,32)23-15-6-4-13-21(23)25-24(28)19-10-7-12-20(17-19)33(29,30)27-16-8-11-18-9-3-5-14-22(18)27/h3-7,9-10,12-15,17H,8,11,16H2,1-2H3,(H,25,28). The fourth-order valence-corrected chi connectivity index (χ4v) is 6.49. The van der Waals surface area contributed by atoms with Gasteiger partial charge in [-0.1, -0.05) is 36.4 Å². The summed E-state index contributed by atoms with van der Waals surface area (Å²) < 4.78 is 54.6. The van der Waals surface area contributed by atoms with Gasteiger partial charge in [-0.25, -0.2) is 21.1 Å². The van der Waals surface area contributed by atoms with Gasteiger partial charge in [-0.15, -0.1) is 0 Å². The summed E-state index contributed by atoms with van der Waals surface area (Å²) in [7, 11) is -4.88. The van der Waals surface area contributed by atoms with Gasteiger partial charge >= 0.3 is 0 Å². The molecule has 1 aliphatic heterocycles. The number of hydrogen-bond acceptors (Lipinski definition) is 5. The minimum absolute atomic E-state index is 0.00829. The van der Waals surface area contributed by atoms with Gasteiger partial charge in [0.25, 0.3) is 15.9 Å². The van der Waals surface area contributed by atoms with E-state index in [2.05, 4.69) is 5.32 Å². The van der Waals surface area contributed by atoms with E-state index in [-0.39, 0.29) is 21.0 Å². The van der Waals surface area contributed by atoms with E-state index in [4.69, 9.17) is 0 Å². The second-order valence-corrected chi connectivity index (χ2v) is 12.1. The highest BCUT2D eigenvalue weighted by Crippen LogP contribution is 2.32. The molecule has 4 rings (SSSR count). The molecule has 0 aromatic heterocycles. The van der Waals surface area contributed by atoms with E-state index in [9.17, 15) is 21.6 Å². The molecule has 178 valence electrons. The molecule has 0 saturated heterocycles. The topological polar surface area (TPSA) is 104 Å². The number of nitrogens with zero attached hydrogens (tertiary/aromatic N) is 2. The van der Waals surface area contributed by atoms with Crippen molar-refractivity contribution in [3.8, 4) is 0 Å². The van der Waals surface area contributed by atoms with Gasteiger partial charge in [0.1, 0.15) is 4.90 Å². The predicted octanol–water partition coefficient (Wildman–Crippen LogP) is 3.33. The normalized spacial score (nSPS) is 14.0. The van der Waals surface area contributed by atoms with E-state index in [1.54, 1.807) is 24.3 Å². The second kappa shape index (κ2) is 9.21. The number of fused-ring (bicyclic) bond motifs is 1. The van der Waals surface area contributed by atoms with E-state index >= 15 is 0 Å². The lowest BCUT2D eigenvalue weighted by Crippen LogP contribution is -2.35. The van der Waals surface area contributed by atoms with Crippen LogP contribution in [0.25, 0.3) is 0 Å². The van der Waals surface area contributed by atoms with Gasteiger partial charge in [-0.2, -0.15) is 0 Å². The average Bonchev–Trinajstić information content (AvgIpc) is 2.84. The smallest absolute Gasteiger partial charge is 0.264 e. The highest BCUT2D eigenvalue weighted by Gasteiger charge is 2.29. The lowest BCUT2D eigenvalue weighted by molar-refractivity contribution is 0.102. The Bertz CT molecular complexity index is 1450. The molecule has 0 aliphatic carbocycles. The summed E-state index contributed by atoms with van der Waals surface area (Å²) in [5.41, 5.74) is 1.82. The van der Waals surface area contributed by atoms with Crippen molar-refractivity contribution in [3.63, 3.8) is 0 Å². The van der Waals surface area contributed by atoms with Gasteiger partial charge < -0.3 is 5.32 Å². The Hall–Kier alpha value is -3.21. The molecule has 0 fully saturated rings. The third kappa shape index (κ3) is 4.44. The maximum absolute atomic E-state index is 13.5. The van der Waals surface area contributed by atoms with Crippen LogP contribution >= 0.6 is 0 Å². The van der Waals surface area contributed by atoms with Crippen LogP contribution in [-0.2, 0) is 26.5 Å². The van der Waals surface area contributed by atoms with Gasteiger partial charge in [0.05, 0.1) is 16.3 Å². The maximum Gasteiger partial charge on any atom is 0.264 e. The fraction of sp³-hybridized carbons (Fsp3) is 0.208. The van der Waals surface area contributed by atoms with Gasteiger partial charge in [0.15, 0.2) is 0 Å². The first-order valence-electron chi connectivity index (χ1n) is 10.7. The highest BCUT2D eigenvalue weighted by atomic mass is 32.2. The number of nitrogens with one attached hydrogen (secondary N) is 1. The zero-order valence-electron chi connectivity index (χ0n) is 18.8. The van der Waals surface area contributed by atoms with E-state index in [1.165, 1.54) is 54.8 Å². The summed E-state index contributed by atoms with van der Waals surface area (Å²) in [6, 6.07) is 19.2. The van der Waals surface area contributed by atoms with Gasteiger partial charge in [0, 0.05) is 26.2 Å². The molecule has 3 aromatic carbocycles. The molecule has 1 amide bonds. The van der Waals surface area contributed by atoms with Crippen LogP contribution in [0.4, 0.5) is 11.4 Å². The number of benzene rings is 3. The van der Waals surface area contributed by atoms with Crippen LogP contribution in [0, 0.1) is 0 Å². The van der Waals surface area contributed by atoms with Crippen molar-refractivity contribution in [2.45, 2.75) is 22.6 Å². The molecule has 10 heteroatoms. The monoisotopic (exact) mass is 499 g/mol. The van der Waals surface area contributed by atoms with E-state index in [0.29, 0.717) is 18.7 Å². The van der Waals surface area contributed by atoms with Gasteiger partial charge in [-0.05, 0) is 54.8 Å². The Labute approximate surface area is 199 Å². The summed E-state index contributed by atoms with van der Waals surface area (Å²) in [6.07, 6.45) is 1.51. The third-order valence-corrected chi connectivity index (χ3v) is 9.33. The number of hydrogen-bond donors (Lipinski definition) is 1. The van der Waals surface area contributed by atoms with Crippen LogP contribution < -0.4 is 9.62 Å². The third-order valence-electron chi connectivity index (χ3n) is 5.65. The van der Waals surface area contributed by atoms with E-state index < -0.39 is 26.0 Å². The molecule has 1 aliphatic rings. The van der Waals surface area contributed by atoms with Crippen LogP contribution in [-0.4, -0.2) is 47.7 Å². The Morgan fingerprint density at radius 3 is 2.38 bits per heavy atom.